The van der Waals surface area contributed by atoms with Crippen molar-refractivity contribution in [3.8, 4) is 11.5 Å². The molecule has 0 spiro atoms. The van der Waals surface area contributed by atoms with Crippen LogP contribution in [-0.4, -0.2) is 39.9 Å². The summed E-state index contributed by atoms with van der Waals surface area (Å²) in [4.78, 5) is 11.9. The summed E-state index contributed by atoms with van der Waals surface area (Å²) in [6.07, 6.45) is 10.0. The Morgan fingerprint density at radius 2 is 1.76 bits per heavy atom. The number of rotatable bonds is 8. The third kappa shape index (κ3) is 4.55. The Morgan fingerprint density at radius 3 is 2.41 bits per heavy atom. The second-order valence-electron chi connectivity index (χ2n) is 11.2. The van der Waals surface area contributed by atoms with E-state index in [0.29, 0.717) is 24.5 Å². The fourth-order valence-electron chi connectivity index (χ4n) is 7.65. The van der Waals surface area contributed by atoms with Gasteiger partial charge in [-0.05, 0) is 110 Å². The summed E-state index contributed by atoms with van der Waals surface area (Å²) in [6.45, 7) is 2.18. The minimum Gasteiger partial charge on any atom is -0.488 e. The molecule has 7 rings (SSSR count). The molecule has 2 aromatic carbocycles. The summed E-state index contributed by atoms with van der Waals surface area (Å²) in [5.74, 6) is 3.67. The first-order valence-electron chi connectivity index (χ1n) is 13.5. The van der Waals surface area contributed by atoms with Crippen molar-refractivity contribution in [3.05, 3.63) is 58.7 Å². The molecular formula is C31H36O6. The summed E-state index contributed by atoms with van der Waals surface area (Å²) < 4.78 is 28.5. The first-order valence-corrected chi connectivity index (χ1v) is 13.5. The molecule has 4 saturated carbocycles. The first kappa shape index (κ1) is 24.5. The smallest absolute Gasteiger partial charge is 0.337 e. The lowest BCUT2D eigenvalue weighted by Gasteiger charge is -2.57. The van der Waals surface area contributed by atoms with Gasteiger partial charge in [0.1, 0.15) is 18.1 Å². The van der Waals surface area contributed by atoms with Gasteiger partial charge >= 0.3 is 12.4 Å². The Kier molecular flexibility index (Phi) is 6.49. The summed E-state index contributed by atoms with van der Waals surface area (Å²) in [6, 6.07) is 12.0. The topological polar surface area (TPSA) is 63.2 Å². The van der Waals surface area contributed by atoms with Crippen LogP contribution in [0, 0.1) is 17.8 Å². The number of esters is 1. The van der Waals surface area contributed by atoms with E-state index in [4.69, 9.17) is 23.7 Å². The van der Waals surface area contributed by atoms with Gasteiger partial charge < -0.3 is 23.7 Å². The maximum absolute atomic E-state index is 11.9. The van der Waals surface area contributed by atoms with Crippen molar-refractivity contribution in [3.63, 3.8) is 0 Å². The van der Waals surface area contributed by atoms with Crippen LogP contribution in [0.2, 0.25) is 0 Å². The zero-order valence-electron chi connectivity index (χ0n) is 22.0. The molecule has 4 fully saturated rings. The highest BCUT2D eigenvalue weighted by Gasteiger charge is 2.52. The van der Waals surface area contributed by atoms with Crippen LogP contribution in [0.15, 0.2) is 36.4 Å². The maximum Gasteiger partial charge on any atom is 0.337 e. The zero-order valence-corrected chi connectivity index (χ0v) is 22.0. The molecule has 0 aromatic heterocycles. The van der Waals surface area contributed by atoms with Gasteiger partial charge in [0.15, 0.2) is 0 Å². The third-order valence-electron chi connectivity index (χ3n) is 8.83. The van der Waals surface area contributed by atoms with E-state index in [-0.39, 0.29) is 11.4 Å². The molecular weight excluding hydrogens is 468 g/mol. The lowest BCUT2D eigenvalue weighted by molar-refractivity contribution is -0.231. The number of carbonyl (C=O) groups excluding carboxylic acids is 1. The molecule has 6 nitrogen and oxygen atoms in total. The van der Waals surface area contributed by atoms with E-state index in [1.807, 2.05) is 13.0 Å². The summed E-state index contributed by atoms with van der Waals surface area (Å²) >= 11 is 0. The van der Waals surface area contributed by atoms with Crippen molar-refractivity contribution in [1.29, 1.82) is 0 Å². The van der Waals surface area contributed by atoms with Crippen molar-refractivity contribution in [1.82, 2.24) is 0 Å². The fourth-order valence-corrected chi connectivity index (χ4v) is 7.65. The molecule has 37 heavy (non-hydrogen) atoms. The van der Waals surface area contributed by atoms with E-state index in [1.165, 1.54) is 51.2 Å². The van der Waals surface area contributed by atoms with Crippen LogP contribution in [0.25, 0.3) is 11.6 Å². The second kappa shape index (κ2) is 9.80. The number of benzene rings is 2. The number of carbonyl (C=O) groups is 1. The maximum atomic E-state index is 11.9. The van der Waals surface area contributed by atoms with Gasteiger partial charge in [-0.3, -0.25) is 0 Å². The average molecular weight is 505 g/mol. The van der Waals surface area contributed by atoms with Crippen LogP contribution < -0.4 is 9.47 Å². The molecule has 0 N–H and O–H groups in total. The van der Waals surface area contributed by atoms with E-state index in [9.17, 15) is 4.79 Å². The SMILES string of the molecule is CCOC(OC)Oc1ccc(C2=Cc3ccc(C(=O)OC)cc3OC2)cc1C12CC3CC(CC(C3)C1)C2. The van der Waals surface area contributed by atoms with Crippen molar-refractivity contribution >= 4 is 17.6 Å². The van der Waals surface area contributed by atoms with Gasteiger partial charge in [-0.25, -0.2) is 4.79 Å². The van der Waals surface area contributed by atoms with E-state index < -0.39 is 6.48 Å². The monoisotopic (exact) mass is 504 g/mol. The second-order valence-corrected chi connectivity index (χ2v) is 11.2. The highest BCUT2D eigenvalue weighted by molar-refractivity contribution is 5.92. The lowest BCUT2D eigenvalue weighted by Crippen LogP contribution is -2.48. The number of fused-ring (bicyclic) bond motifs is 1. The number of methoxy groups -OCH3 is 2. The summed E-state index contributed by atoms with van der Waals surface area (Å²) in [5, 5.41) is 0. The molecule has 4 aliphatic carbocycles. The van der Waals surface area contributed by atoms with E-state index in [1.54, 1.807) is 19.2 Å². The van der Waals surface area contributed by atoms with Crippen LogP contribution in [0.1, 0.15) is 72.5 Å². The highest BCUT2D eigenvalue weighted by atomic mass is 16.8. The van der Waals surface area contributed by atoms with Crippen LogP contribution in [0.3, 0.4) is 0 Å². The summed E-state index contributed by atoms with van der Waals surface area (Å²) in [7, 11) is 3.00. The fraction of sp³-hybridized carbons (Fsp3) is 0.516. The Morgan fingerprint density at radius 1 is 1.03 bits per heavy atom. The summed E-state index contributed by atoms with van der Waals surface area (Å²) in [5.41, 5.74) is 5.15. The molecule has 0 saturated heterocycles. The molecule has 196 valence electrons. The molecule has 4 bridgehead atoms. The van der Waals surface area contributed by atoms with Gasteiger partial charge in [-0.15, -0.1) is 0 Å². The van der Waals surface area contributed by atoms with Crippen molar-refractivity contribution < 1.29 is 28.5 Å². The molecule has 0 amide bonds. The van der Waals surface area contributed by atoms with Gasteiger partial charge in [0.2, 0.25) is 0 Å². The molecule has 1 heterocycles. The number of hydrogen-bond donors (Lipinski definition) is 0. The molecule has 0 radical (unpaired) electrons. The first-order chi connectivity index (χ1) is 18.0. The predicted octanol–water partition coefficient (Wildman–Crippen LogP) is 6.22. The van der Waals surface area contributed by atoms with Gasteiger partial charge in [0, 0.05) is 18.2 Å². The van der Waals surface area contributed by atoms with Gasteiger partial charge in [0.25, 0.3) is 0 Å². The quantitative estimate of drug-likeness (QED) is 0.314. The van der Waals surface area contributed by atoms with E-state index in [0.717, 1.165) is 40.2 Å². The van der Waals surface area contributed by atoms with Crippen molar-refractivity contribution in [2.75, 3.05) is 27.4 Å². The lowest BCUT2D eigenvalue weighted by atomic mass is 9.48. The van der Waals surface area contributed by atoms with Gasteiger partial charge in [-0.1, -0.05) is 12.1 Å². The van der Waals surface area contributed by atoms with Crippen molar-refractivity contribution in [2.24, 2.45) is 17.8 Å². The molecule has 5 aliphatic rings. The van der Waals surface area contributed by atoms with Crippen LogP contribution in [0.5, 0.6) is 11.5 Å². The van der Waals surface area contributed by atoms with Gasteiger partial charge in [-0.2, -0.15) is 0 Å². The molecule has 2 aromatic rings. The third-order valence-corrected chi connectivity index (χ3v) is 8.83. The zero-order chi connectivity index (χ0) is 25.6. The van der Waals surface area contributed by atoms with Crippen LogP contribution in [-0.2, 0) is 19.6 Å². The van der Waals surface area contributed by atoms with E-state index in [2.05, 4.69) is 24.3 Å². The van der Waals surface area contributed by atoms with Crippen LogP contribution in [0.4, 0.5) is 0 Å². The standard InChI is InChI=1S/C31H36O6/c1-4-35-30(34-3)37-27-8-7-22(13-26(27)31-15-19-9-20(16-31)11-21(10-19)17-31)25-12-23-5-6-24(29(32)33-2)14-28(23)36-18-25/h5-8,12-14,19-21,30H,4,9-11,15-18H2,1-3H3. The molecule has 1 unspecified atom stereocenters. The minimum absolute atomic E-state index is 0.147. The average Bonchev–Trinajstić information content (AvgIpc) is 2.91. The molecule has 6 heteroatoms. The highest BCUT2D eigenvalue weighted by Crippen LogP contribution is 2.62. The Labute approximate surface area is 218 Å². The van der Waals surface area contributed by atoms with Crippen molar-refractivity contribution in [2.45, 2.75) is 57.3 Å². The Balaban J connectivity index is 1.38. The Bertz CT molecular complexity index is 1180. The number of ether oxygens (including phenoxy) is 5. The number of hydrogen-bond acceptors (Lipinski definition) is 6. The molecule has 1 aliphatic heterocycles. The normalized spacial score (nSPS) is 28.2. The minimum atomic E-state index is -0.725. The largest absolute Gasteiger partial charge is 0.488 e. The Hall–Kier alpha value is -2.83. The predicted molar refractivity (Wildman–Crippen MR) is 140 cm³/mol. The van der Waals surface area contributed by atoms with E-state index >= 15 is 0 Å². The van der Waals surface area contributed by atoms with Gasteiger partial charge in [0.05, 0.1) is 19.3 Å². The van der Waals surface area contributed by atoms with Crippen LogP contribution >= 0.6 is 0 Å². The molecule has 1 atom stereocenters.